The third-order valence-electron chi connectivity index (χ3n) is 6.83. The summed E-state index contributed by atoms with van der Waals surface area (Å²) in [5, 5.41) is 1.81. The Kier molecular flexibility index (Phi) is 6.13. The maximum atomic E-state index is 6.56. The Balaban J connectivity index is 2.36. The fraction of sp³-hybridized carbons (Fsp3) is 0.522. The van der Waals surface area contributed by atoms with Crippen LogP contribution in [0.25, 0.3) is 0 Å². The molecule has 0 fully saturated rings. The van der Waals surface area contributed by atoms with Gasteiger partial charge in [-0.15, -0.1) is 0 Å². The van der Waals surface area contributed by atoms with E-state index in [1.165, 1.54) is 31.3 Å². The molecule has 1 aromatic rings. The molecule has 0 bridgehead atoms. The first-order valence-electron chi connectivity index (χ1n) is 9.65. The van der Waals surface area contributed by atoms with Crippen molar-refractivity contribution in [2.45, 2.75) is 73.5 Å². The second-order valence-electron chi connectivity index (χ2n) is 9.50. The predicted molar refractivity (Wildman–Crippen MR) is 116 cm³/mol. The van der Waals surface area contributed by atoms with E-state index in [9.17, 15) is 0 Å². The Labute approximate surface area is 168 Å². The number of benzene rings is 1. The van der Waals surface area contributed by atoms with E-state index in [0.29, 0.717) is 11.0 Å². The van der Waals surface area contributed by atoms with E-state index in [2.05, 4.69) is 91.5 Å². The molecule has 1 nitrogen and oxygen atoms in total. The van der Waals surface area contributed by atoms with Gasteiger partial charge in [-0.1, -0.05) is 0 Å². The van der Waals surface area contributed by atoms with E-state index in [1.54, 1.807) is 0 Å². The summed E-state index contributed by atoms with van der Waals surface area (Å²) in [5.74, 6) is 1.52. The van der Waals surface area contributed by atoms with Crippen molar-refractivity contribution in [3.05, 3.63) is 44.4 Å². The number of aryl methyl sites for hydroxylation is 1. The first kappa shape index (κ1) is 21.6. The molecule has 0 saturated heterocycles. The zero-order chi connectivity index (χ0) is 20.0. The summed E-state index contributed by atoms with van der Waals surface area (Å²) in [6.07, 6.45) is 0. The van der Waals surface area contributed by atoms with Crippen molar-refractivity contribution in [1.82, 2.24) is 0 Å². The summed E-state index contributed by atoms with van der Waals surface area (Å²) in [6.45, 7) is 23.3. The minimum atomic E-state index is -2.02. The van der Waals surface area contributed by atoms with Gasteiger partial charge in [0.2, 0.25) is 0 Å². The van der Waals surface area contributed by atoms with Gasteiger partial charge < -0.3 is 0 Å². The van der Waals surface area contributed by atoms with Crippen molar-refractivity contribution >= 4 is 18.1 Å². The maximum absolute atomic E-state index is 6.56. The molecule has 0 aliphatic heterocycles. The molecule has 0 heterocycles. The molecule has 1 aliphatic carbocycles. The van der Waals surface area contributed by atoms with Crippen LogP contribution in [-0.2, 0) is 17.8 Å². The third-order valence-corrected chi connectivity index (χ3v) is 15.3. The monoisotopic (exact) mass is 404 g/mol. The van der Waals surface area contributed by atoms with Crippen molar-refractivity contribution in [2.24, 2.45) is 5.92 Å². The number of allylic oxidation sites excluding steroid dienone is 4. The summed E-state index contributed by atoms with van der Waals surface area (Å²) in [5.41, 5.74) is 5.65. The fourth-order valence-electron chi connectivity index (χ4n) is 3.61. The molecule has 0 spiro atoms. The van der Waals surface area contributed by atoms with Gasteiger partial charge in [0.15, 0.2) is 0 Å². The molecule has 0 N–H and O–H groups in total. The molecule has 3 heteroatoms. The van der Waals surface area contributed by atoms with Crippen LogP contribution in [0, 0.1) is 12.8 Å². The second-order valence-corrected chi connectivity index (χ2v) is 17.3. The van der Waals surface area contributed by atoms with Gasteiger partial charge >= 0.3 is 169 Å². The van der Waals surface area contributed by atoms with E-state index in [0.717, 1.165) is 5.75 Å². The van der Waals surface area contributed by atoms with Gasteiger partial charge in [0.05, 0.1) is 0 Å². The molecule has 26 heavy (non-hydrogen) atoms. The molecule has 2 rings (SSSR count). The topological polar surface area (TPSA) is 9.23 Å². The van der Waals surface area contributed by atoms with E-state index < -0.39 is 25.9 Å². The normalized spacial score (nSPS) is 18.6. The molecule has 0 radical (unpaired) electrons. The van der Waals surface area contributed by atoms with Crippen molar-refractivity contribution in [1.29, 1.82) is 0 Å². The zero-order valence-corrected chi connectivity index (χ0v) is 21.0. The van der Waals surface area contributed by atoms with Crippen LogP contribution >= 0.6 is 0 Å². The number of rotatable bonds is 4. The van der Waals surface area contributed by atoms with Gasteiger partial charge in [0.25, 0.3) is 0 Å². The Bertz CT molecular complexity index is 806. The van der Waals surface area contributed by atoms with Crippen LogP contribution in [0.2, 0.25) is 18.1 Å². The number of hydrogen-bond acceptors (Lipinski definition) is 1. The van der Waals surface area contributed by atoms with Crippen LogP contribution in [0.4, 0.5) is 0 Å². The Morgan fingerprint density at radius 3 is 2.04 bits per heavy atom. The van der Waals surface area contributed by atoms with Gasteiger partial charge in [-0.3, -0.25) is 0 Å². The molecule has 1 atom stereocenters. The Morgan fingerprint density at radius 2 is 1.58 bits per heavy atom. The molecule has 142 valence electrons. The molecule has 1 unspecified atom stereocenters. The van der Waals surface area contributed by atoms with Gasteiger partial charge in [-0.25, -0.2) is 0 Å². The molecule has 1 aromatic carbocycles. The van der Waals surface area contributed by atoms with Crippen LogP contribution in [0.1, 0.15) is 54.0 Å². The van der Waals surface area contributed by atoms with Gasteiger partial charge in [-0.2, -0.15) is 0 Å². The van der Waals surface area contributed by atoms with Crippen LogP contribution in [0.5, 0.6) is 5.75 Å². The Morgan fingerprint density at radius 1 is 1.00 bits per heavy atom. The molecule has 0 aromatic heterocycles. The van der Waals surface area contributed by atoms with E-state index >= 15 is 0 Å². The molecule has 1 aliphatic rings. The molecule has 0 amide bonds. The summed E-state index contributed by atoms with van der Waals surface area (Å²) in [7, 11) is -1.58. The quantitative estimate of drug-likeness (QED) is 0.534. The van der Waals surface area contributed by atoms with Crippen LogP contribution < -0.4 is 8.51 Å². The first-order valence-corrected chi connectivity index (χ1v) is 15.2. The first-order chi connectivity index (χ1) is 11.8. The summed E-state index contributed by atoms with van der Waals surface area (Å²) >= 11 is -2.02. The third kappa shape index (κ3) is 3.93. The fourth-order valence-corrected chi connectivity index (χ4v) is 8.41. The second kappa shape index (κ2) is 7.37. The SMILES string of the molecule is [CH2]=[Ti]([O]c1cc(C)cc([Si](C)(C)C(C)(C)C)c1)[C]1=C(C)C(C)=C(C)C1C. The Hall–Kier alpha value is -0.699. The molecule has 0 saturated carbocycles. The van der Waals surface area contributed by atoms with Crippen LogP contribution in [-0.4, -0.2) is 12.9 Å². The summed E-state index contributed by atoms with van der Waals surface area (Å²) < 4.78 is 8.05. The van der Waals surface area contributed by atoms with Crippen molar-refractivity contribution in [3.63, 3.8) is 0 Å². The van der Waals surface area contributed by atoms with Crippen LogP contribution in [0.3, 0.4) is 0 Å². The minimum absolute atomic E-state index is 0.318. The van der Waals surface area contributed by atoms with Crippen molar-refractivity contribution < 1.29 is 21.1 Å². The molecular formula is C23H36OSiTi. The van der Waals surface area contributed by atoms with Crippen LogP contribution in [0.15, 0.2) is 38.8 Å². The summed E-state index contributed by atoms with van der Waals surface area (Å²) in [4.78, 5) is 4.53. The van der Waals surface area contributed by atoms with Crippen molar-refractivity contribution in [3.8, 4) is 5.75 Å². The summed E-state index contributed by atoms with van der Waals surface area (Å²) in [6, 6.07) is 6.87. The van der Waals surface area contributed by atoms with Crippen molar-refractivity contribution in [2.75, 3.05) is 0 Å². The zero-order valence-electron chi connectivity index (χ0n) is 18.4. The standard InChI is InChI=1S/C13H22OSi.C9H13.CH2.Ti/c1-10-7-11(14)9-12(8-10)15(5,6)13(2,3)4;1-6-5-7(2)9(4)8(6)3;;/h7-9,14H,1-6H3;6H,1-4H3;1H2;/q;;;+1/p-1. The van der Waals surface area contributed by atoms with Gasteiger partial charge in [-0.05, 0) is 0 Å². The average molecular weight is 404 g/mol. The van der Waals surface area contributed by atoms with Gasteiger partial charge in [0.1, 0.15) is 0 Å². The van der Waals surface area contributed by atoms with E-state index in [-0.39, 0.29) is 0 Å². The van der Waals surface area contributed by atoms with E-state index in [1.807, 2.05) is 0 Å². The number of hydrogen-bond donors (Lipinski definition) is 0. The predicted octanol–water partition coefficient (Wildman–Crippen LogP) is 6.31. The average Bonchev–Trinajstić information content (AvgIpc) is 2.69. The van der Waals surface area contributed by atoms with Gasteiger partial charge in [0, 0.05) is 0 Å². The molecular weight excluding hydrogens is 368 g/mol. The van der Waals surface area contributed by atoms with E-state index in [4.69, 9.17) is 3.32 Å².